The van der Waals surface area contributed by atoms with Crippen molar-refractivity contribution in [1.29, 1.82) is 0 Å². The first kappa shape index (κ1) is 23.1. The van der Waals surface area contributed by atoms with Gasteiger partial charge in [-0.1, -0.05) is 54.1 Å². The SMILES string of the molecule is O=C(Cc1ccc(Cl)cc1)Cc1ccc(S(=O)(=O)NC(Cc2ccccc2)C(=O)O)s1. The molecular formula is C22H20ClNO5S2. The molecule has 1 atom stereocenters. The number of hydrogen-bond acceptors (Lipinski definition) is 5. The van der Waals surface area contributed by atoms with Crippen LogP contribution in [-0.4, -0.2) is 31.3 Å². The number of sulfonamides is 1. The van der Waals surface area contributed by atoms with Gasteiger partial charge >= 0.3 is 5.97 Å². The second-order valence-corrected chi connectivity index (χ2v) is 10.5. The van der Waals surface area contributed by atoms with E-state index >= 15 is 0 Å². The average Bonchev–Trinajstić information content (AvgIpc) is 3.19. The van der Waals surface area contributed by atoms with E-state index in [9.17, 15) is 23.1 Å². The summed E-state index contributed by atoms with van der Waals surface area (Å²) in [5.74, 6) is -1.32. The summed E-state index contributed by atoms with van der Waals surface area (Å²) in [7, 11) is -4.04. The van der Waals surface area contributed by atoms with Crippen molar-refractivity contribution < 1.29 is 23.1 Å². The fraction of sp³-hybridized carbons (Fsp3) is 0.182. The second kappa shape index (κ2) is 10.2. The molecule has 0 saturated carbocycles. The van der Waals surface area contributed by atoms with Crippen molar-refractivity contribution in [2.24, 2.45) is 0 Å². The number of rotatable bonds is 10. The Kier molecular flexibility index (Phi) is 7.61. The molecule has 1 aromatic heterocycles. The van der Waals surface area contributed by atoms with Crippen molar-refractivity contribution in [2.75, 3.05) is 0 Å². The van der Waals surface area contributed by atoms with Crippen LogP contribution in [0.15, 0.2) is 70.9 Å². The third-order valence-electron chi connectivity index (χ3n) is 4.47. The van der Waals surface area contributed by atoms with Crippen LogP contribution in [0.25, 0.3) is 0 Å². The van der Waals surface area contributed by atoms with Gasteiger partial charge in [0.15, 0.2) is 0 Å². The molecule has 0 spiro atoms. The summed E-state index contributed by atoms with van der Waals surface area (Å²) >= 11 is 6.80. The zero-order chi connectivity index (χ0) is 22.4. The van der Waals surface area contributed by atoms with Crippen LogP contribution < -0.4 is 4.72 Å². The Morgan fingerprint density at radius 3 is 2.26 bits per heavy atom. The number of hydrogen-bond donors (Lipinski definition) is 2. The van der Waals surface area contributed by atoms with Crippen LogP contribution in [0.3, 0.4) is 0 Å². The van der Waals surface area contributed by atoms with Crippen molar-refractivity contribution in [3.63, 3.8) is 0 Å². The number of benzene rings is 2. The number of ketones is 1. The number of halogens is 1. The first-order valence-electron chi connectivity index (χ1n) is 9.37. The summed E-state index contributed by atoms with van der Waals surface area (Å²) in [5, 5.41) is 10.0. The van der Waals surface area contributed by atoms with Crippen molar-refractivity contribution in [3.8, 4) is 0 Å². The quantitative estimate of drug-likeness (QED) is 0.463. The normalized spacial score (nSPS) is 12.4. The van der Waals surface area contributed by atoms with E-state index in [-0.39, 0.29) is 29.3 Å². The van der Waals surface area contributed by atoms with E-state index in [1.165, 1.54) is 6.07 Å². The third-order valence-corrected chi connectivity index (χ3v) is 7.77. The number of carbonyl (C=O) groups excluding carboxylic acids is 1. The second-order valence-electron chi connectivity index (χ2n) is 6.94. The van der Waals surface area contributed by atoms with Gasteiger partial charge in [0.25, 0.3) is 10.0 Å². The number of carboxylic acids is 1. The van der Waals surface area contributed by atoms with Gasteiger partial charge < -0.3 is 5.11 Å². The molecule has 0 aliphatic carbocycles. The molecule has 0 saturated heterocycles. The summed E-state index contributed by atoms with van der Waals surface area (Å²) in [5.41, 5.74) is 1.53. The molecular weight excluding hydrogens is 458 g/mol. The van der Waals surface area contributed by atoms with Gasteiger partial charge in [-0.15, -0.1) is 11.3 Å². The van der Waals surface area contributed by atoms with Gasteiger partial charge in [-0.2, -0.15) is 4.72 Å². The minimum atomic E-state index is -4.04. The van der Waals surface area contributed by atoms with E-state index in [1.54, 1.807) is 60.7 Å². The fourth-order valence-electron chi connectivity index (χ4n) is 2.96. The molecule has 0 radical (unpaired) electrons. The molecule has 2 aromatic carbocycles. The Bertz CT molecular complexity index is 1160. The van der Waals surface area contributed by atoms with Crippen LogP contribution in [0.1, 0.15) is 16.0 Å². The largest absolute Gasteiger partial charge is 0.480 e. The third kappa shape index (κ3) is 6.73. The van der Waals surface area contributed by atoms with Crippen LogP contribution in [0.4, 0.5) is 0 Å². The van der Waals surface area contributed by atoms with Crippen molar-refractivity contribution in [2.45, 2.75) is 29.5 Å². The lowest BCUT2D eigenvalue weighted by molar-refractivity contribution is -0.138. The number of carboxylic acid groups (broad SMARTS) is 1. The van der Waals surface area contributed by atoms with E-state index in [4.69, 9.17) is 11.6 Å². The highest BCUT2D eigenvalue weighted by molar-refractivity contribution is 7.91. The number of thiophene rings is 1. The Balaban J connectivity index is 1.65. The molecule has 3 aromatic rings. The standard InChI is InChI=1S/C22H20ClNO5S2/c23-17-8-6-16(7-9-17)12-18(25)14-19-10-11-21(30-19)31(28,29)24-20(22(26)27)13-15-4-2-1-3-5-15/h1-11,20,24H,12-14H2,(H,26,27). The van der Waals surface area contributed by atoms with E-state index in [2.05, 4.69) is 4.72 Å². The smallest absolute Gasteiger partial charge is 0.322 e. The molecule has 0 aliphatic rings. The van der Waals surface area contributed by atoms with Gasteiger partial charge in [-0.25, -0.2) is 8.42 Å². The topological polar surface area (TPSA) is 101 Å². The summed E-state index contributed by atoms with van der Waals surface area (Å²) in [6, 6.07) is 17.4. The Morgan fingerprint density at radius 2 is 1.61 bits per heavy atom. The summed E-state index contributed by atoms with van der Waals surface area (Å²) in [6.45, 7) is 0. The predicted octanol–water partition coefficient (Wildman–Crippen LogP) is 3.73. The van der Waals surface area contributed by atoms with Crippen molar-refractivity contribution in [1.82, 2.24) is 4.72 Å². The highest BCUT2D eigenvalue weighted by atomic mass is 35.5. The monoisotopic (exact) mass is 477 g/mol. The van der Waals surface area contributed by atoms with Crippen LogP contribution in [-0.2, 0) is 38.9 Å². The Hall–Kier alpha value is -2.52. The van der Waals surface area contributed by atoms with Crippen LogP contribution in [0.2, 0.25) is 5.02 Å². The molecule has 1 heterocycles. The number of nitrogens with one attached hydrogen (secondary N) is 1. The maximum absolute atomic E-state index is 12.7. The molecule has 0 amide bonds. The number of carbonyl (C=O) groups is 2. The molecule has 162 valence electrons. The molecule has 0 bridgehead atoms. The Morgan fingerprint density at radius 1 is 0.935 bits per heavy atom. The predicted molar refractivity (Wildman–Crippen MR) is 120 cm³/mol. The first-order valence-corrected chi connectivity index (χ1v) is 12.0. The molecule has 31 heavy (non-hydrogen) atoms. The molecule has 6 nitrogen and oxygen atoms in total. The van der Waals surface area contributed by atoms with Gasteiger partial charge in [-0.05, 0) is 41.8 Å². The molecule has 0 aliphatic heterocycles. The highest BCUT2D eigenvalue weighted by Gasteiger charge is 2.27. The van der Waals surface area contributed by atoms with Gasteiger partial charge in [-0.3, -0.25) is 9.59 Å². The molecule has 9 heteroatoms. The van der Waals surface area contributed by atoms with Crippen LogP contribution in [0, 0.1) is 0 Å². The highest BCUT2D eigenvalue weighted by Crippen LogP contribution is 2.23. The van der Waals surface area contributed by atoms with Gasteiger partial charge in [0.2, 0.25) is 0 Å². The van der Waals surface area contributed by atoms with Gasteiger partial charge in [0.05, 0.1) is 0 Å². The number of Topliss-reactive ketones (excluding diaryl/α,β-unsaturated/α-hetero) is 1. The molecule has 3 rings (SSSR count). The molecule has 1 unspecified atom stereocenters. The minimum absolute atomic E-state index is 0.0210. The van der Waals surface area contributed by atoms with E-state index in [1.807, 2.05) is 0 Å². The maximum atomic E-state index is 12.7. The Labute approximate surface area is 189 Å². The lowest BCUT2D eigenvalue weighted by Crippen LogP contribution is -2.42. The lowest BCUT2D eigenvalue weighted by Gasteiger charge is -2.14. The zero-order valence-electron chi connectivity index (χ0n) is 16.3. The van der Waals surface area contributed by atoms with Crippen LogP contribution in [0.5, 0.6) is 0 Å². The van der Waals surface area contributed by atoms with E-state index < -0.39 is 22.0 Å². The van der Waals surface area contributed by atoms with E-state index in [0.717, 1.165) is 16.9 Å². The fourth-order valence-corrected chi connectivity index (χ4v) is 5.68. The summed E-state index contributed by atoms with van der Waals surface area (Å²) in [4.78, 5) is 24.5. The lowest BCUT2D eigenvalue weighted by atomic mass is 10.1. The van der Waals surface area contributed by atoms with Gasteiger partial charge in [0.1, 0.15) is 16.0 Å². The van der Waals surface area contributed by atoms with Crippen LogP contribution >= 0.6 is 22.9 Å². The van der Waals surface area contributed by atoms with Gasteiger partial charge in [0, 0.05) is 22.7 Å². The molecule has 0 fully saturated rings. The zero-order valence-corrected chi connectivity index (χ0v) is 18.7. The summed E-state index contributed by atoms with van der Waals surface area (Å²) < 4.78 is 27.6. The summed E-state index contributed by atoms with van der Waals surface area (Å²) in [6.07, 6.45) is 0.329. The average molecular weight is 478 g/mol. The first-order chi connectivity index (χ1) is 14.7. The van der Waals surface area contributed by atoms with Crippen molar-refractivity contribution in [3.05, 3.63) is 87.8 Å². The minimum Gasteiger partial charge on any atom is -0.480 e. The maximum Gasteiger partial charge on any atom is 0.322 e. The number of aliphatic carboxylic acids is 1. The van der Waals surface area contributed by atoms with Crippen molar-refractivity contribution >= 4 is 44.7 Å². The molecule has 2 N–H and O–H groups in total. The van der Waals surface area contributed by atoms with E-state index in [0.29, 0.717) is 15.5 Å².